The molecule has 0 bridgehead atoms. The van der Waals surface area contributed by atoms with Crippen molar-refractivity contribution in [3.05, 3.63) is 0 Å². The van der Waals surface area contributed by atoms with Crippen molar-refractivity contribution in [1.82, 2.24) is 0 Å². The Hall–Kier alpha value is -0.0400. The Morgan fingerprint density at radius 1 is 1.20 bits per heavy atom. The van der Waals surface area contributed by atoms with E-state index in [1.807, 2.05) is 13.8 Å². The fraction of sp³-hybridized carbons (Fsp3) is 1.00. The highest BCUT2D eigenvalue weighted by atomic mass is 14.6. The number of hydrogen-bond acceptors (Lipinski definition) is 1. The molecule has 1 nitrogen and oxygen atoms in total. The van der Waals surface area contributed by atoms with Crippen molar-refractivity contribution in [3.63, 3.8) is 0 Å². The van der Waals surface area contributed by atoms with Crippen LogP contribution in [0.2, 0.25) is 0 Å². The summed E-state index contributed by atoms with van der Waals surface area (Å²) in [6.45, 7) is 10.5. The molecule has 1 heteroatoms. The molecule has 0 saturated heterocycles. The fourth-order valence-electron chi connectivity index (χ4n) is 0.772. The van der Waals surface area contributed by atoms with Gasteiger partial charge in [0.15, 0.2) is 0 Å². The molecule has 0 saturated carbocycles. The quantitative estimate of drug-likeness (QED) is 0.649. The van der Waals surface area contributed by atoms with E-state index in [2.05, 4.69) is 20.8 Å². The van der Waals surface area contributed by atoms with Gasteiger partial charge in [0.25, 0.3) is 0 Å². The third-order valence-electron chi connectivity index (χ3n) is 1.30. The molecule has 0 aliphatic heterocycles. The molecule has 10 heavy (non-hydrogen) atoms. The molecular formula is C9H23N. The average molecular weight is 145 g/mol. The third kappa shape index (κ3) is 10.9. The first kappa shape index (κ1) is 12.6. The normalized spacial score (nSPS) is 12.3. The van der Waals surface area contributed by atoms with Crippen LogP contribution in [0.4, 0.5) is 0 Å². The Morgan fingerprint density at radius 2 is 1.60 bits per heavy atom. The molecule has 1 unspecified atom stereocenters. The van der Waals surface area contributed by atoms with Crippen LogP contribution in [0.5, 0.6) is 0 Å². The van der Waals surface area contributed by atoms with Gasteiger partial charge in [-0.05, 0) is 18.8 Å². The lowest BCUT2D eigenvalue weighted by Gasteiger charge is -2.09. The molecular weight excluding hydrogens is 122 g/mol. The van der Waals surface area contributed by atoms with Crippen LogP contribution in [0.15, 0.2) is 0 Å². The number of rotatable bonds is 3. The SMILES string of the molecule is CC.CCC(N)CC(C)C. The van der Waals surface area contributed by atoms with Crippen molar-refractivity contribution >= 4 is 0 Å². The van der Waals surface area contributed by atoms with Crippen LogP contribution in [0.1, 0.15) is 47.5 Å². The highest BCUT2D eigenvalue weighted by Gasteiger charge is 2.00. The number of nitrogens with two attached hydrogens (primary N) is 1. The molecule has 0 spiro atoms. The molecule has 0 aliphatic rings. The lowest BCUT2D eigenvalue weighted by molar-refractivity contribution is 0.486. The minimum absolute atomic E-state index is 0.426. The lowest BCUT2D eigenvalue weighted by Crippen LogP contribution is -2.20. The zero-order chi connectivity index (χ0) is 8.57. The van der Waals surface area contributed by atoms with Crippen LogP contribution in [0.3, 0.4) is 0 Å². The standard InChI is InChI=1S/C7H17N.C2H6/c1-4-7(8)5-6(2)3;1-2/h6-7H,4-5,8H2,1-3H3;1-2H3. The summed E-state index contributed by atoms with van der Waals surface area (Å²) in [5, 5.41) is 0. The molecule has 0 aromatic heterocycles. The van der Waals surface area contributed by atoms with E-state index in [0.29, 0.717) is 6.04 Å². The molecule has 1 atom stereocenters. The first-order valence-corrected chi connectivity index (χ1v) is 4.42. The second-order valence-corrected chi connectivity index (χ2v) is 2.80. The van der Waals surface area contributed by atoms with E-state index in [9.17, 15) is 0 Å². The van der Waals surface area contributed by atoms with E-state index in [4.69, 9.17) is 5.73 Å². The van der Waals surface area contributed by atoms with Crippen LogP contribution >= 0.6 is 0 Å². The second-order valence-electron chi connectivity index (χ2n) is 2.80. The van der Waals surface area contributed by atoms with Crippen LogP contribution in [-0.4, -0.2) is 6.04 Å². The van der Waals surface area contributed by atoms with Crippen molar-refractivity contribution in [2.24, 2.45) is 11.7 Å². The lowest BCUT2D eigenvalue weighted by atomic mass is 10.0. The molecule has 64 valence electrons. The summed E-state index contributed by atoms with van der Waals surface area (Å²) in [6.07, 6.45) is 2.27. The summed E-state index contributed by atoms with van der Waals surface area (Å²) in [5.74, 6) is 0.755. The van der Waals surface area contributed by atoms with Crippen LogP contribution in [0, 0.1) is 5.92 Å². The third-order valence-corrected chi connectivity index (χ3v) is 1.30. The van der Waals surface area contributed by atoms with Gasteiger partial charge in [0.05, 0.1) is 0 Å². The van der Waals surface area contributed by atoms with E-state index in [1.165, 1.54) is 0 Å². The molecule has 0 aliphatic carbocycles. The zero-order valence-corrected chi connectivity index (χ0v) is 8.15. The van der Waals surface area contributed by atoms with Gasteiger partial charge in [-0.2, -0.15) is 0 Å². The van der Waals surface area contributed by atoms with E-state index >= 15 is 0 Å². The zero-order valence-electron chi connectivity index (χ0n) is 8.15. The van der Waals surface area contributed by atoms with Gasteiger partial charge in [0, 0.05) is 6.04 Å². The van der Waals surface area contributed by atoms with E-state index in [1.54, 1.807) is 0 Å². The van der Waals surface area contributed by atoms with Crippen LogP contribution in [0.25, 0.3) is 0 Å². The summed E-state index contributed by atoms with van der Waals surface area (Å²) < 4.78 is 0. The minimum Gasteiger partial charge on any atom is -0.328 e. The van der Waals surface area contributed by atoms with Crippen molar-refractivity contribution in [1.29, 1.82) is 0 Å². The molecule has 0 fully saturated rings. The molecule has 0 amide bonds. The minimum atomic E-state index is 0.426. The van der Waals surface area contributed by atoms with Crippen molar-refractivity contribution in [2.45, 2.75) is 53.5 Å². The first-order chi connectivity index (χ1) is 4.66. The van der Waals surface area contributed by atoms with Gasteiger partial charge in [0.2, 0.25) is 0 Å². The Balaban J connectivity index is 0. The molecule has 0 radical (unpaired) electrons. The van der Waals surface area contributed by atoms with Gasteiger partial charge >= 0.3 is 0 Å². The largest absolute Gasteiger partial charge is 0.328 e. The average Bonchev–Trinajstić information content (AvgIpc) is 1.91. The summed E-state index contributed by atoms with van der Waals surface area (Å²) in [4.78, 5) is 0. The predicted molar refractivity (Wildman–Crippen MR) is 49.1 cm³/mol. The highest BCUT2D eigenvalue weighted by Crippen LogP contribution is 2.03. The summed E-state index contributed by atoms with van der Waals surface area (Å²) in [7, 11) is 0. The van der Waals surface area contributed by atoms with E-state index in [-0.39, 0.29) is 0 Å². The summed E-state index contributed by atoms with van der Waals surface area (Å²) in [5.41, 5.74) is 5.67. The Morgan fingerprint density at radius 3 is 1.70 bits per heavy atom. The first-order valence-electron chi connectivity index (χ1n) is 4.42. The van der Waals surface area contributed by atoms with Crippen LogP contribution in [-0.2, 0) is 0 Å². The van der Waals surface area contributed by atoms with Gasteiger partial charge in [-0.3, -0.25) is 0 Å². The smallest absolute Gasteiger partial charge is 0.00386 e. The molecule has 0 aromatic carbocycles. The molecule has 0 heterocycles. The topological polar surface area (TPSA) is 26.0 Å². The molecule has 0 aromatic rings. The highest BCUT2D eigenvalue weighted by molar-refractivity contribution is 4.59. The summed E-state index contributed by atoms with van der Waals surface area (Å²) >= 11 is 0. The monoisotopic (exact) mass is 145 g/mol. The van der Waals surface area contributed by atoms with Gasteiger partial charge < -0.3 is 5.73 Å². The predicted octanol–water partition coefficient (Wildman–Crippen LogP) is 2.80. The Bertz CT molecular complexity index is 50.7. The second kappa shape index (κ2) is 8.96. The van der Waals surface area contributed by atoms with Gasteiger partial charge in [-0.1, -0.05) is 34.6 Å². The van der Waals surface area contributed by atoms with Crippen molar-refractivity contribution in [2.75, 3.05) is 0 Å². The summed E-state index contributed by atoms with van der Waals surface area (Å²) in [6, 6.07) is 0.426. The maximum Gasteiger partial charge on any atom is 0.00386 e. The van der Waals surface area contributed by atoms with E-state index < -0.39 is 0 Å². The van der Waals surface area contributed by atoms with Gasteiger partial charge in [0.1, 0.15) is 0 Å². The van der Waals surface area contributed by atoms with E-state index in [0.717, 1.165) is 18.8 Å². The van der Waals surface area contributed by atoms with Gasteiger partial charge in [-0.25, -0.2) is 0 Å². The fourth-order valence-corrected chi connectivity index (χ4v) is 0.772. The van der Waals surface area contributed by atoms with Crippen molar-refractivity contribution in [3.8, 4) is 0 Å². The maximum absolute atomic E-state index is 5.67. The Labute approximate surface area is 66.0 Å². The maximum atomic E-state index is 5.67. The van der Waals surface area contributed by atoms with Crippen molar-refractivity contribution < 1.29 is 0 Å². The van der Waals surface area contributed by atoms with Gasteiger partial charge in [-0.15, -0.1) is 0 Å². The van der Waals surface area contributed by atoms with Crippen LogP contribution < -0.4 is 5.73 Å². The molecule has 2 N–H and O–H groups in total. The molecule has 0 rings (SSSR count). The Kier molecular flexibility index (Phi) is 11.3. The number of hydrogen-bond donors (Lipinski definition) is 1.